The number of para-hydroxylation sites is 2. The number of nitrogens with zero attached hydrogens (tertiary/aromatic N) is 1. The highest BCUT2D eigenvalue weighted by Gasteiger charge is 2.33. The normalized spacial score (nSPS) is 14.8. The number of halogens is 1. The second-order valence-corrected chi connectivity index (χ2v) is 8.02. The van der Waals surface area contributed by atoms with Crippen LogP contribution in [0.2, 0.25) is 0 Å². The number of methoxy groups -OCH3 is 3. The topological polar surface area (TPSA) is 57.2 Å². The molecule has 7 heteroatoms. The molecule has 4 rings (SSSR count). The van der Waals surface area contributed by atoms with Crippen molar-refractivity contribution >= 4 is 5.91 Å². The maximum Gasteiger partial charge on any atom is 0.227 e. The highest BCUT2D eigenvalue weighted by molar-refractivity contribution is 5.80. The van der Waals surface area contributed by atoms with E-state index < -0.39 is 0 Å². The summed E-state index contributed by atoms with van der Waals surface area (Å²) in [5, 5.41) is 0. The second-order valence-electron chi connectivity index (χ2n) is 8.02. The van der Waals surface area contributed by atoms with Gasteiger partial charge in [0.2, 0.25) is 5.91 Å². The summed E-state index contributed by atoms with van der Waals surface area (Å²) in [5.41, 5.74) is 2.79. The van der Waals surface area contributed by atoms with Crippen LogP contribution in [0.15, 0.2) is 60.7 Å². The molecule has 1 aliphatic rings. The van der Waals surface area contributed by atoms with Gasteiger partial charge in [0, 0.05) is 6.54 Å². The zero-order valence-electron chi connectivity index (χ0n) is 19.5. The zero-order chi connectivity index (χ0) is 24.1. The van der Waals surface area contributed by atoms with Gasteiger partial charge in [-0.05, 0) is 59.5 Å². The molecule has 0 saturated heterocycles. The average Bonchev–Trinajstić information content (AvgIpc) is 2.87. The third-order valence-corrected chi connectivity index (χ3v) is 6.06. The molecule has 0 radical (unpaired) electrons. The Morgan fingerprint density at radius 1 is 0.912 bits per heavy atom. The van der Waals surface area contributed by atoms with E-state index in [4.69, 9.17) is 18.9 Å². The smallest absolute Gasteiger partial charge is 0.227 e. The summed E-state index contributed by atoms with van der Waals surface area (Å²) in [5.74, 6) is 2.08. The molecule has 1 heterocycles. The number of fused-ring (bicyclic) bond motifs is 1. The number of hydrogen-bond acceptors (Lipinski definition) is 5. The Balaban J connectivity index is 1.66. The van der Waals surface area contributed by atoms with E-state index in [1.54, 1.807) is 33.5 Å². The first-order valence-corrected chi connectivity index (χ1v) is 11.1. The van der Waals surface area contributed by atoms with Crippen LogP contribution in [-0.2, 0) is 17.6 Å². The van der Waals surface area contributed by atoms with Crippen LogP contribution < -0.4 is 18.9 Å². The van der Waals surface area contributed by atoms with Crippen molar-refractivity contribution in [2.75, 3.05) is 34.5 Å². The minimum Gasteiger partial charge on any atom is -0.493 e. The summed E-state index contributed by atoms with van der Waals surface area (Å²) >= 11 is 0. The Bertz CT molecular complexity index is 1150. The molecule has 6 nitrogen and oxygen atoms in total. The fourth-order valence-electron chi connectivity index (χ4n) is 4.29. The molecule has 0 spiro atoms. The van der Waals surface area contributed by atoms with Crippen molar-refractivity contribution in [1.29, 1.82) is 0 Å². The molecule has 0 bridgehead atoms. The number of carbonyl (C=O) groups is 1. The van der Waals surface area contributed by atoms with Crippen molar-refractivity contribution in [3.05, 3.63) is 83.2 Å². The highest BCUT2D eigenvalue weighted by atomic mass is 19.1. The predicted octanol–water partition coefficient (Wildman–Crippen LogP) is 4.60. The largest absolute Gasteiger partial charge is 0.493 e. The van der Waals surface area contributed by atoms with Gasteiger partial charge in [-0.1, -0.05) is 24.3 Å². The van der Waals surface area contributed by atoms with E-state index in [0.717, 1.165) is 16.7 Å². The molecule has 34 heavy (non-hydrogen) atoms. The fraction of sp³-hybridized carbons (Fsp3) is 0.296. The van der Waals surface area contributed by atoms with Gasteiger partial charge in [0.05, 0.1) is 33.8 Å². The minimum absolute atomic E-state index is 0.0549. The molecule has 0 aliphatic carbocycles. The van der Waals surface area contributed by atoms with Gasteiger partial charge >= 0.3 is 0 Å². The van der Waals surface area contributed by atoms with Gasteiger partial charge in [-0.15, -0.1) is 0 Å². The third kappa shape index (κ3) is 4.93. The molecule has 0 fully saturated rings. The summed E-state index contributed by atoms with van der Waals surface area (Å²) in [4.78, 5) is 15.2. The van der Waals surface area contributed by atoms with Crippen molar-refractivity contribution in [1.82, 2.24) is 4.90 Å². The number of rotatable bonds is 8. The predicted molar refractivity (Wildman–Crippen MR) is 126 cm³/mol. The van der Waals surface area contributed by atoms with E-state index in [9.17, 15) is 9.18 Å². The number of benzene rings is 3. The lowest BCUT2D eigenvalue weighted by Crippen LogP contribution is -2.43. The maximum atomic E-state index is 13.4. The van der Waals surface area contributed by atoms with Gasteiger partial charge in [0.1, 0.15) is 12.4 Å². The molecule has 3 aromatic rings. The van der Waals surface area contributed by atoms with Crippen LogP contribution in [-0.4, -0.2) is 45.3 Å². The van der Waals surface area contributed by atoms with E-state index >= 15 is 0 Å². The lowest BCUT2D eigenvalue weighted by molar-refractivity contribution is -0.134. The first-order chi connectivity index (χ1) is 16.5. The van der Waals surface area contributed by atoms with E-state index in [-0.39, 0.29) is 30.8 Å². The number of hydrogen-bond donors (Lipinski definition) is 0. The Hall–Kier alpha value is -3.74. The summed E-state index contributed by atoms with van der Waals surface area (Å²) in [6, 6.07) is 17.0. The first-order valence-electron chi connectivity index (χ1n) is 11.1. The van der Waals surface area contributed by atoms with Crippen LogP contribution in [0.25, 0.3) is 0 Å². The Morgan fingerprint density at radius 3 is 2.24 bits per heavy atom. The summed E-state index contributed by atoms with van der Waals surface area (Å²) in [7, 11) is 4.78. The molecule has 3 aromatic carbocycles. The van der Waals surface area contributed by atoms with E-state index in [0.29, 0.717) is 36.0 Å². The third-order valence-electron chi connectivity index (χ3n) is 6.06. The van der Waals surface area contributed by atoms with Crippen molar-refractivity contribution in [2.45, 2.75) is 18.9 Å². The molecule has 0 unspecified atom stereocenters. The Labute approximate surface area is 198 Å². The van der Waals surface area contributed by atoms with Gasteiger partial charge in [0.25, 0.3) is 0 Å². The van der Waals surface area contributed by atoms with Gasteiger partial charge < -0.3 is 23.8 Å². The van der Waals surface area contributed by atoms with Crippen LogP contribution in [0, 0.1) is 5.82 Å². The maximum absolute atomic E-state index is 13.4. The van der Waals surface area contributed by atoms with Gasteiger partial charge in [-0.25, -0.2) is 4.39 Å². The van der Waals surface area contributed by atoms with E-state index in [1.165, 1.54) is 12.1 Å². The summed E-state index contributed by atoms with van der Waals surface area (Å²) in [6.07, 6.45) is 0.851. The molecular formula is C27H28FNO5. The van der Waals surface area contributed by atoms with Crippen molar-refractivity contribution in [3.63, 3.8) is 0 Å². The highest BCUT2D eigenvalue weighted by Crippen LogP contribution is 2.39. The Morgan fingerprint density at radius 2 is 1.56 bits per heavy atom. The van der Waals surface area contributed by atoms with Gasteiger partial charge in [0.15, 0.2) is 23.0 Å². The van der Waals surface area contributed by atoms with Gasteiger partial charge in [-0.3, -0.25) is 4.79 Å². The van der Waals surface area contributed by atoms with Crippen LogP contribution in [0.4, 0.5) is 4.39 Å². The SMILES string of the molecule is COc1cc2c(cc1OC)[C@@H](COc1ccccc1OC)N(C(=O)Cc1ccc(F)cc1)CC2. The molecule has 0 aromatic heterocycles. The van der Waals surface area contributed by atoms with Gasteiger partial charge in [-0.2, -0.15) is 0 Å². The van der Waals surface area contributed by atoms with E-state index in [1.807, 2.05) is 41.3 Å². The molecule has 178 valence electrons. The Kier molecular flexibility index (Phi) is 7.21. The molecule has 1 amide bonds. The van der Waals surface area contributed by atoms with E-state index in [2.05, 4.69) is 0 Å². The first kappa shape index (κ1) is 23.4. The minimum atomic E-state index is -0.346. The average molecular weight is 466 g/mol. The van der Waals surface area contributed by atoms with Crippen molar-refractivity contribution < 1.29 is 28.1 Å². The summed E-state index contributed by atoms with van der Waals surface area (Å²) in [6.45, 7) is 0.764. The molecule has 1 aliphatic heterocycles. The lowest BCUT2D eigenvalue weighted by atomic mass is 9.91. The van der Waals surface area contributed by atoms with Crippen molar-refractivity contribution in [3.8, 4) is 23.0 Å². The quantitative estimate of drug-likeness (QED) is 0.487. The number of carbonyl (C=O) groups excluding carboxylic acids is 1. The molecule has 0 N–H and O–H groups in total. The molecular weight excluding hydrogens is 437 g/mol. The van der Waals surface area contributed by atoms with Crippen LogP contribution in [0.1, 0.15) is 22.7 Å². The van der Waals surface area contributed by atoms with Crippen LogP contribution in [0.3, 0.4) is 0 Å². The van der Waals surface area contributed by atoms with Crippen LogP contribution >= 0.6 is 0 Å². The fourth-order valence-corrected chi connectivity index (χ4v) is 4.29. The second kappa shape index (κ2) is 10.5. The lowest BCUT2D eigenvalue weighted by Gasteiger charge is -2.38. The molecule has 0 saturated carbocycles. The molecule has 1 atom stereocenters. The standard InChI is InChI=1S/C27H28FNO5/c1-31-23-6-4-5-7-24(23)34-17-22-21-16-26(33-3)25(32-2)15-19(21)12-13-29(22)27(30)14-18-8-10-20(28)11-9-18/h4-11,15-16,22H,12-14,17H2,1-3H3/t22-/m1/s1. The number of ether oxygens (including phenoxy) is 4. The summed E-state index contributed by atoms with van der Waals surface area (Å²) < 4.78 is 35.9. The zero-order valence-corrected chi connectivity index (χ0v) is 19.5. The van der Waals surface area contributed by atoms with Crippen LogP contribution in [0.5, 0.6) is 23.0 Å². The number of amides is 1. The monoisotopic (exact) mass is 465 g/mol. The van der Waals surface area contributed by atoms with Crippen molar-refractivity contribution in [2.24, 2.45) is 0 Å².